The topological polar surface area (TPSA) is 56.8 Å². The van der Waals surface area contributed by atoms with Crippen LogP contribution in [-0.2, 0) is 22.5 Å². The minimum absolute atomic E-state index is 0.300. The highest BCUT2D eigenvalue weighted by Crippen LogP contribution is 2.34. The summed E-state index contributed by atoms with van der Waals surface area (Å²) in [5, 5.41) is 0. The highest BCUT2D eigenvalue weighted by atomic mass is 19.1. The summed E-state index contributed by atoms with van der Waals surface area (Å²) in [5.74, 6) is 1.74. The van der Waals surface area contributed by atoms with Gasteiger partial charge in [0.15, 0.2) is 0 Å². The Labute approximate surface area is 139 Å². The van der Waals surface area contributed by atoms with Gasteiger partial charge in [0.25, 0.3) is 0 Å². The zero-order valence-electron chi connectivity index (χ0n) is 13.3. The first kappa shape index (κ1) is 16.3. The van der Waals surface area contributed by atoms with Crippen LogP contribution in [0.1, 0.15) is 16.7 Å². The van der Waals surface area contributed by atoms with Crippen molar-refractivity contribution in [2.45, 2.75) is 19.8 Å². The molecular weight excluding hydrogens is 313 g/mol. The Bertz CT molecular complexity index is 748. The standard InChI is InChI=1S/C18H18FNO4/c1-12-8-18(14(9-16(12)19)4-6-20-23-11-21)24-15-3-2-13-5-7-22-17(13)10-15/h2-3,8-11,20H,4-7H2,1H3. The molecule has 0 bridgehead atoms. The van der Waals surface area contributed by atoms with Gasteiger partial charge < -0.3 is 14.3 Å². The Hall–Kier alpha value is -2.60. The van der Waals surface area contributed by atoms with E-state index in [1.54, 1.807) is 13.0 Å². The number of halogens is 1. The van der Waals surface area contributed by atoms with E-state index >= 15 is 0 Å². The van der Waals surface area contributed by atoms with E-state index in [0.29, 0.717) is 48.7 Å². The van der Waals surface area contributed by atoms with Crippen molar-refractivity contribution < 1.29 is 23.5 Å². The molecule has 0 saturated carbocycles. The van der Waals surface area contributed by atoms with Crippen LogP contribution in [0.4, 0.5) is 4.39 Å². The maximum Gasteiger partial charge on any atom is 0.312 e. The molecule has 0 saturated heterocycles. The summed E-state index contributed by atoms with van der Waals surface area (Å²) >= 11 is 0. The first-order chi connectivity index (χ1) is 11.7. The third kappa shape index (κ3) is 3.65. The van der Waals surface area contributed by atoms with Crippen LogP contribution in [0, 0.1) is 12.7 Å². The van der Waals surface area contributed by atoms with Gasteiger partial charge in [-0.05, 0) is 48.2 Å². The number of carbonyl (C=O) groups is 1. The molecule has 0 atom stereocenters. The summed E-state index contributed by atoms with van der Waals surface area (Å²) in [7, 11) is 0. The van der Waals surface area contributed by atoms with Gasteiger partial charge in [-0.25, -0.2) is 4.39 Å². The summed E-state index contributed by atoms with van der Waals surface area (Å²) in [6, 6.07) is 8.81. The number of carbonyl (C=O) groups excluding carboxylic acids is 1. The molecule has 1 aliphatic rings. The van der Waals surface area contributed by atoms with Crippen LogP contribution < -0.4 is 15.0 Å². The van der Waals surface area contributed by atoms with E-state index in [9.17, 15) is 9.18 Å². The zero-order chi connectivity index (χ0) is 16.9. The first-order valence-corrected chi connectivity index (χ1v) is 7.72. The maximum absolute atomic E-state index is 13.9. The number of benzene rings is 2. The van der Waals surface area contributed by atoms with Crippen LogP contribution in [0.5, 0.6) is 17.2 Å². The number of hydrogen-bond donors (Lipinski definition) is 1. The fourth-order valence-corrected chi connectivity index (χ4v) is 2.60. The summed E-state index contributed by atoms with van der Waals surface area (Å²) < 4.78 is 25.4. The van der Waals surface area contributed by atoms with Crippen LogP contribution in [-0.4, -0.2) is 19.6 Å². The Balaban J connectivity index is 1.80. The summed E-state index contributed by atoms with van der Waals surface area (Å²) in [6.07, 6.45) is 1.35. The third-order valence-corrected chi connectivity index (χ3v) is 3.87. The molecule has 2 aromatic rings. The van der Waals surface area contributed by atoms with Crippen molar-refractivity contribution in [2.24, 2.45) is 0 Å². The quantitative estimate of drug-likeness (QED) is 0.480. The second-order valence-electron chi connectivity index (χ2n) is 5.54. The van der Waals surface area contributed by atoms with Crippen molar-refractivity contribution in [1.29, 1.82) is 0 Å². The van der Waals surface area contributed by atoms with Crippen LogP contribution in [0.15, 0.2) is 30.3 Å². The fourth-order valence-electron chi connectivity index (χ4n) is 2.60. The zero-order valence-corrected chi connectivity index (χ0v) is 13.3. The molecule has 5 nitrogen and oxygen atoms in total. The lowest BCUT2D eigenvalue weighted by molar-refractivity contribution is -0.135. The van der Waals surface area contributed by atoms with Gasteiger partial charge in [-0.2, -0.15) is 5.48 Å². The Morgan fingerprint density at radius 2 is 2.21 bits per heavy atom. The largest absolute Gasteiger partial charge is 0.493 e. The Morgan fingerprint density at radius 1 is 1.33 bits per heavy atom. The minimum Gasteiger partial charge on any atom is -0.493 e. The molecule has 2 aromatic carbocycles. The lowest BCUT2D eigenvalue weighted by atomic mass is 10.1. The predicted octanol–water partition coefficient (Wildman–Crippen LogP) is 3.08. The van der Waals surface area contributed by atoms with Crippen molar-refractivity contribution in [3.63, 3.8) is 0 Å². The number of nitrogens with one attached hydrogen (secondary N) is 1. The lowest BCUT2D eigenvalue weighted by Gasteiger charge is -2.13. The molecule has 6 heteroatoms. The van der Waals surface area contributed by atoms with Gasteiger partial charge in [0.05, 0.1) is 6.61 Å². The smallest absolute Gasteiger partial charge is 0.312 e. The number of rotatable bonds is 7. The van der Waals surface area contributed by atoms with Crippen LogP contribution in [0.25, 0.3) is 0 Å². The molecule has 126 valence electrons. The monoisotopic (exact) mass is 331 g/mol. The number of fused-ring (bicyclic) bond motifs is 1. The predicted molar refractivity (Wildman–Crippen MR) is 85.7 cm³/mol. The number of aryl methyl sites for hydroxylation is 1. The molecule has 24 heavy (non-hydrogen) atoms. The third-order valence-electron chi connectivity index (χ3n) is 3.87. The summed E-state index contributed by atoms with van der Waals surface area (Å²) in [6.45, 7) is 3.02. The van der Waals surface area contributed by atoms with Crippen molar-refractivity contribution in [1.82, 2.24) is 5.48 Å². The molecule has 1 N–H and O–H groups in total. The number of hydroxylamine groups is 1. The highest BCUT2D eigenvalue weighted by Gasteiger charge is 2.14. The van der Waals surface area contributed by atoms with Gasteiger partial charge in [-0.1, -0.05) is 6.07 Å². The van der Waals surface area contributed by atoms with E-state index < -0.39 is 0 Å². The molecule has 1 aliphatic heterocycles. The van der Waals surface area contributed by atoms with Gasteiger partial charge in [-0.15, -0.1) is 0 Å². The molecular formula is C18H18FNO4. The van der Waals surface area contributed by atoms with E-state index in [4.69, 9.17) is 9.47 Å². The SMILES string of the molecule is Cc1cc(Oc2ccc3c(c2)OCC3)c(CCNOC=O)cc1F. The van der Waals surface area contributed by atoms with E-state index in [1.165, 1.54) is 6.07 Å². The second-order valence-corrected chi connectivity index (χ2v) is 5.54. The molecule has 3 rings (SSSR count). The van der Waals surface area contributed by atoms with Crippen molar-refractivity contribution in [3.05, 3.63) is 52.8 Å². The molecule has 0 unspecified atom stereocenters. The van der Waals surface area contributed by atoms with E-state index in [2.05, 4.69) is 10.3 Å². The van der Waals surface area contributed by atoms with E-state index in [-0.39, 0.29) is 5.82 Å². The maximum atomic E-state index is 13.9. The number of hydrogen-bond acceptors (Lipinski definition) is 5. The van der Waals surface area contributed by atoms with Crippen molar-refractivity contribution in [3.8, 4) is 17.2 Å². The molecule has 0 fully saturated rings. The van der Waals surface area contributed by atoms with E-state index in [1.807, 2.05) is 18.2 Å². The number of ether oxygens (including phenoxy) is 2. The Kier molecular flexibility index (Phi) is 4.96. The normalized spacial score (nSPS) is 12.4. The summed E-state index contributed by atoms with van der Waals surface area (Å²) in [4.78, 5) is 14.6. The molecule has 0 radical (unpaired) electrons. The molecule has 0 spiro atoms. The van der Waals surface area contributed by atoms with Crippen molar-refractivity contribution in [2.75, 3.05) is 13.2 Å². The molecule has 0 aromatic heterocycles. The van der Waals surface area contributed by atoms with Crippen molar-refractivity contribution >= 4 is 6.47 Å². The average Bonchev–Trinajstić information content (AvgIpc) is 3.03. The van der Waals surface area contributed by atoms with E-state index in [0.717, 1.165) is 17.7 Å². The lowest BCUT2D eigenvalue weighted by Crippen LogP contribution is -2.17. The minimum atomic E-state index is -0.300. The van der Waals surface area contributed by atoms with Crippen LogP contribution in [0.3, 0.4) is 0 Å². The van der Waals surface area contributed by atoms with Gasteiger partial charge in [0.1, 0.15) is 23.1 Å². The fraction of sp³-hybridized carbons (Fsp3) is 0.278. The highest BCUT2D eigenvalue weighted by molar-refractivity contribution is 5.46. The molecule has 0 amide bonds. The Morgan fingerprint density at radius 3 is 3.04 bits per heavy atom. The van der Waals surface area contributed by atoms with Gasteiger partial charge >= 0.3 is 6.47 Å². The summed E-state index contributed by atoms with van der Waals surface area (Å²) in [5.41, 5.74) is 4.82. The van der Waals surface area contributed by atoms with Gasteiger partial charge in [0.2, 0.25) is 0 Å². The van der Waals surface area contributed by atoms with Gasteiger partial charge in [-0.3, -0.25) is 4.79 Å². The average molecular weight is 331 g/mol. The first-order valence-electron chi connectivity index (χ1n) is 7.72. The molecule has 0 aliphatic carbocycles. The second kappa shape index (κ2) is 7.31. The van der Waals surface area contributed by atoms with Crippen LogP contribution >= 0.6 is 0 Å². The van der Waals surface area contributed by atoms with Gasteiger partial charge in [0, 0.05) is 19.0 Å². The van der Waals surface area contributed by atoms with Crippen LogP contribution in [0.2, 0.25) is 0 Å². The molecule has 1 heterocycles.